The summed E-state index contributed by atoms with van der Waals surface area (Å²) < 4.78 is 34.4. The van der Waals surface area contributed by atoms with E-state index in [0.717, 1.165) is 38.5 Å². The second-order valence-corrected chi connectivity index (χ2v) is 9.13. The number of nitrogens with zero attached hydrogens (tertiary/aromatic N) is 4. The normalized spacial score (nSPS) is 25.6. The molecule has 2 aliphatic heterocycles. The largest absolute Gasteiger partial charge is 0.343 e. The Hall–Kier alpha value is -2.26. The van der Waals surface area contributed by atoms with Gasteiger partial charge in [-0.3, -0.25) is 0 Å². The number of nitrogens with two attached hydrogens (primary N) is 1. The van der Waals surface area contributed by atoms with Gasteiger partial charge in [-0.1, -0.05) is 30.1 Å². The number of aromatic nitrogens is 2. The minimum Gasteiger partial charge on any atom is -0.343 e. The Morgan fingerprint density at radius 1 is 1.19 bits per heavy atom. The highest BCUT2D eigenvalue weighted by molar-refractivity contribution is 7.90. The summed E-state index contributed by atoms with van der Waals surface area (Å²) >= 11 is 0. The van der Waals surface area contributed by atoms with Crippen molar-refractivity contribution in [2.24, 2.45) is 10.1 Å². The molecule has 27 heavy (non-hydrogen) atoms. The third-order valence-electron chi connectivity index (χ3n) is 5.81. The number of rotatable bonds is 2. The molecule has 0 bridgehead atoms. The van der Waals surface area contributed by atoms with Crippen molar-refractivity contribution >= 4 is 15.9 Å². The van der Waals surface area contributed by atoms with E-state index >= 15 is 0 Å². The molecule has 0 radical (unpaired) electrons. The fourth-order valence-electron chi connectivity index (χ4n) is 4.37. The van der Waals surface area contributed by atoms with Crippen LogP contribution in [-0.2, 0) is 15.6 Å². The molecule has 1 unspecified atom stereocenters. The van der Waals surface area contributed by atoms with Crippen LogP contribution in [0.4, 0.5) is 0 Å². The molecule has 2 fully saturated rings. The Kier molecular flexibility index (Phi) is 3.67. The van der Waals surface area contributed by atoms with Crippen molar-refractivity contribution in [3.8, 4) is 0 Å². The molecule has 0 spiro atoms. The molecule has 1 aromatic carbocycles. The lowest BCUT2D eigenvalue weighted by molar-refractivity contribution is 0.281. The van der Waals surface area contributed by atoms with E-state index in [1.807, 2.05) is 11.0 Å². The number of hydrogen-bond donors (Lipinski definition) is 1. The number of sulfonamides is 1. The minimum atomic E-state index is -3.66. The van der Waals surface area contributed by atoms with Crippen molar-refractivity contribution in [2.45, 2.75) is 55.0 Å². The fourth-order valence-corrected chi connectivity index (χ4v) is 5.59. The lowest BCUT2D eigenvalue weighted by atomic mass is 9.98. The van der Waals surface area contributed by atoms with Gasteiger partial charge in [-0.25, -0.2) is 0 Å². The summed E-state index contributed by atoms with van der Waals surface area (Å²) in [4.78, 5) is 6.84. The van der Waals surface area contributed by atoms with Crippen LogP contribution in [-0.4, -0.2) is 35.8 Å². The van der Waals surface area contributed by atoms with E-state index in [4.69, 9.17) is 10.3 Å². The van der Waals surface area contributed by atoms with Gasteiger partial charge in [0.05, 0.1) is 5.54 Å². The summed E-state index contributed by atoms with van der Waals surface area (Å²) in [5.41, 5.74) is 6.57. The summed E-state index contributed by atoms with van der Waals surface area (Å²) in [7, 11) is -3.66. The Morgan fingerprint density at radius 2 is 1.96 bits per heavy atom. The number of hydrogen-bond acceptors (Lipinski definition) is 7. The van der Waals surface area contributed by atoms with E-state index in [2.05, 4.69) is 14.5 Å². The zero-order chi connectivity index (χ0) is 18.6. The zero-order valence-corrected chi connectivity index (χ0v) is 15.7. The molecule has 8 nitrogen and oxygen atoms in total. The lowest BCUT2D eigenvalue weighted by Gasteiger charge is -2.23. The maximum Gasteiger partial charge on any atom is 0.285 e. The maximum atomic E-state index is 12.4. The van der Waals surface area contributed by atoms with E-state index in [1.165, 1.54) is 0 Å². The first-order valence-electron chi connectivity index (χ1n) is 9.32. The SMILES string of the molecule is NC1(c2noc(C3CCCN3C3=NS(=O)(=O)c4ccccc43)n2)CCCC1. The quantitative estimate of drug-likeness (QED) is 0.839. The van der Waals surface area contributed by atoms with Gasteiger partial charge in [-0.2, -0.15) is 13.4 Å². The zero-order valence-electron chi connectivity index (χ0n) is 14.8. The van der Waals surface area contributed by atoms with Crippen molar-refractivity contribution in [1.82, 2.24) is 15.0 Å². The molecule has 3 aliphatic rings. The predicted molar refractivity (Wildman–Crippen MR) is 97.5 cm³/mol. The van der Waals surface area contributed by atoms with Gasteiger partial charge in [-0.05, 0) is 37.8 Å². The molecule has 1 aromatic heterocycles. The van der Waals surface area contributed by atoms with Crippen molar-refractivity contribution in [2.75, 3.05) is 6.54 Å². The van der Waals surface area contributed by atoms with Crippen LogP contribution in [0.1, 0.15) is 61.8 Å². The summed E-state index contributed by atoms with van der Waals surface area (Å²) in [6.45, 7) is 0.693. The highest BCUT2D eigenvalue weighted by atomic mass is 32.2. The summed E-state index contributed by atoms with van der Waals surface area (Å²) in [5.74, 6) is 1.52. The first-order valence-corrected chi connectivity index (χ1v) is 10.8. The van der Waals surface area contributed by atoms with Gasteiger partial charge in [0.2, 0.25) is 5.89 Å². The average Bonchev–Trinajstić information content (AvgIpc) is 3.41. The maximum absolute atomic E-state index is 12.4. The first kappa shape index (κ1) is 16.9. The number of benzene rings is 1. The molecule has 1 saturated carbocycles. The van der Waals surface area contributed by atoms with Gasteiger partial charge < -0.3 is 15.2 Å². The third-order valence-corrected chi connectivity index (χ3v) is 7.13. The highest BCUT2D eigenvalue weighted by Gasteiger charge is 2.41. The molecule has 1 aliphatic carbocycles. The highest BCUT2D eigenvalue weighted by Crippen LogP contribution is 2.39. The Labute approximate surface area is 157 Å². The second-order valence-electron chi connectivity index (χ2n) is 7.56. The van der Waals surface area contributed by atoms with Crippen LogP contribution in [0.5, 0.6) is 0 Å². The minimum absolute atomic E-state index is 0.184. The van der Waals surface area contributed by atoms with E-state index in [1.54, 1.807) is 18.2 Å². The monoisotopic (exact) mass is 387 g/mol. The van der Waals surface area contributed by atoms with E-state index in [-0.39, 0.29) is 10.9 Å². The molecule has 3 heterocycles. The molecule has 9 heteroatoms. The summed E-state index contributed by atoms with van der Waals surface area (Å²) in [6, 6.07) is 6.74. The van der Waals surface area contributed by atoms with Crippen LogP contribution >= 0.6 is 0 Å². The first-order chi connectivity index (χ1) is 13.0. The van der Waals surface area contributed by atoms with Crippen LogP contribution in [0.15, 0.2) is 38.1 Å². The number of fused-ring (bicyclic) bond motifs is 1. The second kappa shape index (κ2) is 5.87. The van der Waals surface area contributed by atoms with Gasteiger partial charge in [0.1, 0.15) is 10.9 Å². The smallest absolute Gasteiger partial charge is 0.285 e. The Bertz CT molecular complexity index is 1020. The van der Waals surface area contributed by atoms with Gasteiger partial charge >= 0.3 is 0 Å². The van der Waals surface area contributed by atoms with Gasteiger partial charge in [0.25, 0.3) is 10.0 Å². The van der Waals surface area contributed by atoms with Gasteiger partial charge in [-0.15, -0.1) is 4.40 Å². The van der Waals surface area contributed by atoms with Crippen LogP contribution in [0.25, 0.3) is 0 Å². The molecular weight excluding hydrogens is 366 g/mol. The summed E-state index contributed by atoms with van der Waals surface area (Å²) in [6.07, 6.45) is 5.57. The molecule has 1 saturated heterocycles. The van der Waals surface area contributed by atoms with Crippen molar-refractivity contribution < 1.29 is 12.9 Å². The van der Waals surface area contributed by atoms with Gasteiger partial charge in [0, 0.05) is 12.1 Å². The third kappa shape index (κ3) is 2.60. The van der Waals surface area contributed by atoms with Crippen molar-refractivity contribution in [1.29, 1.82) is 0 Å². The lowest BCUT2D eigenvalue weighted by Crippen LogP contribution is -2.34. The standard InChI is InChI=1S/C18H21N5O3S/c19-18(9-3-4-10-18)17-20-16(26-21-17)13-7-5-11-23(13)15-12-6-1-2-8-14(12)27(24,25)22-15/h1-2,6,8,13H,3-5,7,9-11,19H2. The Morgan fingerprint density at radius 3 is 2.78 bits per heavy atom. The van der Waals surface area contributed by atoms with Gasteiger partial charge in [0.15, 0.2) is 11.7 Å². The predicted octanol–water partition coefficient (Wildman–Crippen LogP) is 2.08. The molecular formula is C18H21N5O3S. The van der Waals surface area contributed by atoms with Crippen molar-refractivity contribution in [3.05, 3.63) is 41.5 Å². The number of amidine groups is 1. The summed E-state index contributed by atoms with van der Waals surface area (Å²) in [5, 5.41) is 4.15. The van der Waals surface area contributed by atoms with Crippen LogP contribution in [0.2, 0.25) is 0 Å². The van der Waals surface area contributed by atoms with Crippen molar-refractivity contribution in [3.63, 3.8) is 0 Å². The topological polar surface area (TPSA) is 115 Å². The molecule has 2 N–H and O–H groups in total. The average molecular weight is 387 g/mol. The molecule has 142 valence electrons. The molecule has 2 aromatic rings. The van der Waals surface area contributed by atoms with E-state index < -0.39 is 15.6 Å². The van der Waals surface area contributed by atoms with E-state index in [9.17, 15) is 8.42 Å². The van der Waals surface area contributed by atoms with Crippen LogP contribution in [0.3, 0.4) is 0 Å². The van der Waals surface area contributed by atoms with Crippen LogP contribution < -0.4 is 5.73 Å². The van der Waals surface area contributed by atoms with E-state index in [0.29, 0.717) is 29.7 Å². The molecule has 1 atom stereocenters. The Balaban J connectivity index is 1.50. The fraction of sp³-hybridized carbons (Fsp3) is 0.500. The molecule has 5 rings (SSSR count). The van der Waals surface area contributed by atoms with Crippen LogP contribution in [0, 0.1) is 0 Å². The number of likely N-dealkylation sites (tertiary alicyclic amines) is 1. The molecule has 0 amide bonds.